The minimum Gasteiger partial charge on any atom is -0.464 e. The molecule has 0 aromatic rings. The number of ether oxygens (including phenoxy) is 2. The van der Waals surface area contributed by atoms with Crippen molar-refractivity contribution >= 4 is 11.9 Å². The van der Waals surface area contributed by atoms with Crippen LogP contribution in [0.5, 0.6) is 0 Å². The molecule has 42 heavy (non-hydrogen) atoms. The second kappa shape index (κ2) is 31.3. The topological polar surface area (TPSA) is 55.8 Å². The SMILES string of the molecule is CCCCCCCCCCCCCC(C)C(=O)OCCN(C)CCOC(=O)C(C)CCCCCCCCCCCCC. The zero-order chi connectivity index (χ0) is 31.1. The van der Waals surface area contributed by atoms with E-state index in [1.54, 1.807) is 0 Å². The van der Waals surface area contributed by atoms with E-state index >= 15 is 0 Å². The van der Waals surface area contributed by atoms with Gasteiger partial charge in [0.25, 0.3) is 0 Å². The molecule has 0 heterocycles. The quantitative estimate of drug-likeness (QED) is 0.0572. The first-order chi connectivity index (χ1) is 20.4. The van der Waals surface area contributed by atoms with Crippen molar-refractivity contribution in [2.45, 2.75) is 182 Å². The van der Waals surface area contributed by atoms with Gasteiger partial charge in [-0.05, 0) is 19.9 Å². The molecule has 0 N–H and O–H groups in total. The van der Waals surface area contributed by atoms with E-state index in [0.717, 1.165) is 25.7 Å². The molecule has 2 unspecified atom stereocenters. The first-order valence-corrected chi connectivity index (χ1v) is 18.4. The number of carbonyl (C=O) groups excluding carboxylic acids is 2. The van der Waals surface area contributed by atoms with Gasteiger partial charge in [0, 0.05) is 13.1 Å². The molecule has 250 valence electrons. The number of rotatable bonds is 32. The lowest BCUT2D eigenvalue weighted by atomic mass is 10.0. The number of nitrogens with zero attached hydrogens (tertiary/aromatic N) is 1. The summed E-state index contributed by atoms with van der Waals surface area (Å²) in [6.45, 7) is 10.6. The van der Waals surface area contributed by atoms with Gasteiger partial charge in [-0.25, -0.2) is 0 Å². The third-order valence-electron chi connectivity index (χ3n) is 8.72. The Kier molecular flexibility index (Phi) is 30.5. The van der Waals surface area contributed by atoms with Crippen molar-refractivity contribution in [2.75, 3.05) is 33.4 Å². The standard InChI is InChI=1S/C37H73NO4/c1-6-8-10-12-14-16-18-20-22-24-26-28-34(3)36(39)41-32-30-38(5)31-33-42-37(40)35(4)29-27-25-23-21-19-17-15-13-11-9-7-2/h34-35H,6-33H2,1-5H3. The van der Waals surface area contributed by atoms with Crippen molar-refractivity contribution in [3.8, 4) is 0 Å². The van der Waals surface area contributed by atoms with Crippen molar-refractivity contribution in [3.05, 3.63) is 0 Å². The van der Waals surface area contributed by atoms with Crippen LogP contribution >= 0.6 is 0 Å². The number of carbonyl (C=O) groups is 2. The molecule has 0 aromatic heterocycles. The maximum atomic E-state index is 12.3. The molecule has 0 saturated carbocycles. The highest BCUT2D eigenvalue weighted by atomic mass is 16.5. The van der Waals surface area contributed by atoms with Gasteiger partial charge in [-0.15, -0.1) is 0 Å². The predicted octanol–water partition coefficient (Wildman–Crippen LogP) is 10.7. The maximum Gasteiger partial charge on any atom is 0.308 e. The Bertz CT molecular complexity index is 546. The number of likely N-dealkylation sites (N-methyl/N-ethyl adjacent to an activating group) is 1. The van der Waals surface area contributed by atoms with Gasteiger partial charge in [0.1, 0.15) is 13.2 Å². The summed E-state index contributed by atoms with van der Waals surface area (Å²) >= 11 is 0. The molecule has 0 spiro atoms. The molecule has 5 nitrogen and oxygen atoms in total. The van der Waals surface area contributed by atoms with Crippen LogP contribution < -0.4 is 0 Å². The van der Waals surface area contributed by atoms with Gasteiger partial charge in [0.05, 0.1) is 11.8 Å². The Labute approximate surface area is 262 Å². The summed E-state index contributed by atoms with van der Waals surface area (Å²) in [7, 11) is 1.98. The van der Waals surface area contributed by atoms with E-state index in [1.165, 1.54) is 128 Å². The van der Waals surface area contributed by atoms with Crippen LogP contribution in [0.2, 0.25) is 0 Å². The van der Waals surface area contributed by atoms with Crippen molar-refractivity contribution in [1.82, 2.24) is 4.90 Å². The third kappa shape index (κ3) is 27.7. The highest BCUT2D eigenvalue weighted by Gasteiger charge is 2.16. The zero-order valence-corrected chi connectivity index (χ0v) is 29.0. The summed E-state index contributed by atoms with van der Waals surface area (Å²) in [4.78, 5) is 26.7. The predicted molar refractivity (Wildman–Crippen MR) is 180 cm³/mol. The molecule has 0 saturated heterocycles. The van der Waals surface area contributed by atoms with Crippen molar-refractivity contribution in [2.24, 2.45) is 11.8 Å². The Morgan fingerprint density at radius 3 is 1.02 bits per heavy atom. The average molecular weight is 596 g/mol. The number of esters is 2. The molecule has 0 amide bonds. The Balaban J connectivity index is 3.62. The fourth-order valence-electron chi connectivity index (χ4n) is 5.47. The van der Waals surface area contributed by atoms with Gasteiger partial charge >= 0.3 is 11.9 Å². The number of unbranched alkanes of at least 4 members (excludes halogenated alkanes) is 20. The van der Waals surface area contributed by atoms with E-state index in [4.69, 9.17) is 9.47 Å². The maximum absolute atomic E-state index is 12.3. The van der Waals surface area contributed by atoms with Gasteiger partial charge in [0.15, 0.2) is 0 Å². The van der Waals surface area contributed by atoms with Crippen LogP contribution in [-0.2, 0) is 19.1 Å². The molecule has 0 fully saturated rings. The van der Waals surface area contributed by atoms with E-state index in [2.05, 4.69) is 18.7 Å². The second-order valence-corrected chi connectivity index (χ2v) is 13.1. The summed E-state index contributed by atoms with van der Waals surface area (Å²) in [5.74, 6) is -0.232. The molecule has 2 atom stereocenters. The minimum absolute atomic E-state index is 0.0309. The second-order valence-electron chi connectivity index (χ2n) is 13.1. The number of hydrogen-bond donors (Lipinski definition) is 0. The lowest BCUT2D eigenvalue weighted by Gasteiger charge is -2.18. The molecule has 0 aliphatic carbocycles. The summed E-state index contributed by atoms with van der Waals surface area (Å²) in [6.07, 6.45) is 30.9. The summed E-state index contributed by atoms with van der Waals surface area (Å²) in [5.41, 5.74) is 0. The molecule has 0 radical (unpaired) electrons. The van der Waals surface area contributed by atoms with Crippen LogP contribution in [0, 0.1) is 11.8 Å². The van der Waals surface area contributed by atoms with Crippen LogP contribution in [0.25, 0.3) is 0 Å². The summed E-state index contributed by atoms with van der Waals surface area (Å²) in [5, 5.41) is 0. The van der Waals surface area contributed by atoms with E-state index in [-0.39, 0.29) is 23.8 Å². The summed E-state index contributed by atoms with van der Waals surface area (Å²) < 4.78 is 11.0. The molecule has 0 aliphatic rings. The Morgan fingerprint density at radius 1 is 0.476 bits per heavy atom. The van der Waals surface area contributed by atoms with E-state index in [0.29, 0.717) is 26.3 Å². The molecule has 0 aliphatic heterocycles. The highest BCUT2D eigenvalue weighted by Crippen LogP contribution is 2.16. The molecule has 5 heteroatoms. The molecule has 0 aromatic carbocycles. The van der Waals surface area contributed by atoms with Crippen LogP contribution in [0.1, 0.15) is 182 Å². The normalized spacial score (nSPS) is 12.9. The third-order valence-corrected chi connectivity index (χ3v) is 8.72. The highest BCUT2D eigenvalue weighted by molar-refractivity contribution is 5.72. The first-order valence-electron chi connectivity index (χ1n) is 18.4. The van der Waals surface area contributed by atoms with Crippen LogP contribution in [0.4, 0.5) is 0 Å². The fourth-order valence-corrected chi connectivity index (χ4v) is 5.47. The van der Waals surface area contributed by atoms with E-state index < -0.39 is 0 Å². The largest absolute Gasteiger partial charge is 0.464 e. The monoisotopic (exact) mass is 596 g/mol. The Morgan fingerprint density at radius 2 is 0.738 bits per heavy atom. The van der Waals surface area contributed by atoms with Gasteiger partial charge in [-0.2, -0.15) is 0 Å². The molecule has 0 bridgehead atoms. The van der Waals surface area contributed by atoms with Crippen LogP contribution in [0.15, 0.2) is 0 Å². The molecular formula is C37H73NO4. The minimum atomic E-state index is -0.0851. The van der Waals surface area contributed by atoms with Gasteiger partial charge in [0.2, 0.25) is 0 Å². The van der Waals surface area contributed by atoms with Crippen molar-refractivity contribution in [3.63, 3.8) is 0 Å². The molecular weight excluding hydrogens is 522 g/mol. The lowest BCUT2D eigenvalue weighted by Crippen LogP contribution is -2.30. The summed E-state index contributed by atoms with van der Waals surface area (Å²) in [6, 6.07) is 0. The van der Waals surface area contributed by atoms with Crippen LogP contribution in [0.3, 0.4) is 0 Å². The Hall–Kier alpha value is -1.10. The number of hydrogen-bond acceptors (Lipinski definition) is 5. The molecule has 0 rings (SSSR count). The zero-order valence-electron chi connectivity index (χ0n) is 29.0. The van der Waals surface area contributed by atoms with Crippen LogP contribution in [-0.4, -0.2) is 50.2 Å². The van der Waals surface area contributed by atoms with Gasteiger partial charge in [-0.3, -0.25) is 14.5 Å². The average Bonchev–Trinajstić information content (AvgIpc) is 2.98. The smallest absolute Gasteiger partial charge is 0.308 e. The fraction of sp³-hybridized carbons (Fsp3) is 0.946. The first kappa shape index (κ1) is 40.9. The van der Waals surface area contributed by atoms with Gasteiger partial charge in [-0.1, -0.05) is 169 Å². The lowest BCUT2D eigenvalue weighted by molar-refractivity contribution is -0.148. The van der Waals surface area contributed by atoms with E-state index in [1.807, 2.05) is 20.9 Å². The van der Waals surface area contributed by atoms with Crippen molar-refractivity contribution in [1.29, 1.82) is 0 Å². The van der Waals surface area contributed by atoms with E-state index in [9.17, 15) is 9.59 Å². The van der Waals surface area contributed by atoms with Crippen molar-refractivity contribution < 1.29 is 19.1 Å². The van der Waals surface area contributed by atoms with Gasteiger partial charge < -0.3 is 9.47 Å².